The monoisotopic (exact) mass is 203 g/mol. The van der Waals surface area contributed by atoms with E-state index in [0.717, 1.165) is 10.2 Å². The molecular weight excluding hydrogens is 194 g/mol. The van der Waals surface area contributed by atoms with Crippen LogP contribution in [0.2, 0.25) is 0 Å². The van der Waals surface area contributed by atoms with Crippen molar-refractivity contribution in [3.63, 3.8) is 0 Å². The van der Waals surface area contributed by atoms with Crippen LogP contribution in [0.5, 0.6) is 0 Å². The second-order valence-electron chi connectivity index (χ2n) is 3.18. The zero-order chi connectivity index (χ0) is 10.8. The van der Waals surface area contributed by atoms with Gasteiger partial charge in [0.15, 0.2) is 0 Å². The van der Waals surface area contributed by atoms with Crippen LogP contribution in [0.4, 0.5) is 5.88 Å². The fourth-order valence-corrected chi connectivity index (χ4v) is 1.17. The van der Waals surface area contributed by atoms with Gasteiger partial charge in [-0.15, -0.1) is 0 Å². The molecule has 0 bridgehead atoms. The van der Waals surface area contributed by atoms with Gasteiger partial charge in [0.05, 0.1) is 5.56 Å². The first-order chi connectivity index (χ1) is 7.16. The molecule has 0 aliphatic heterocycles. The van der Waals surface area contributed by atoms with E-state index in [4.69, 9.17) is 5.73 Å². The Labute approximate surface area is 86.1 Å². The maximum atomic E-state index is 11.7. The predicted octanol–water partition coefficient (Wildman–Crippen LogP) is 1.64. The molecule has 0 radical (unpaired) electrons. The maximum absolute atomic E-state index is 11.7. The molecule has 0 saturated carbocycles. The maximum Gasteiger partial charge on any atom is 0.452 e. The number of aryl methyl sites for hydroxylation is 1. The van der Waals surface area contributed by atoms with Crippen molar-refractivity contribution in [2.24, 2.45) is 0 Å². The molecule has 0 aliphatic carbocycles. The minimum Gasteiger partial charge on any atom is -0.660 e. The number of benzene rings is 1. The van der Waals surface area contributed by atoms with Crippen LogP contribution >= 0.6 is 0 Å². The third-order valence-electron chi connectivity index (χ3n) is 1.97. The highest BCUT2D eigenvalue weighted by Crippen LogP contribution is 2.05. The molecule has 0 atom stereocenters. The second kappa shape index (κ2) is 3.53. The van der Waals surface area contributed by atoms with Gasteiger partial charge >= 0.3 is 5.91 Å². The van der Waals surface area contributed by atoms with Crippen LogP contribution in [0.25, 0.3) is 5.73 Å². The Hall–Kier alpha value is -2.17. The summed E-state index contributed by atoms with van der Waals surface area (Å²) < 4.78 is 5.50. The Morgan fingerprint density at radius 1 is 1.40 bits per heavy atom. The van der Waals surface area contributed by atoms with Crippen molar-refractivity contribution < 1.29 is 14.0 Å². The molecule has 1 aromatic heterocycles. The summed E-state index contributed by atoms with van der Waals surface area (Å²) in [6, 6.07) is 7.11. The standard InChI is InChI=1S/C10H9N3O2/c1-7-2-4-8(5-3-7)10(14)13-6-9(11)15-12-13/h2-6H,1H3,(H-,11,12). The van der Waals surface area contributed by atoms with E-state index in [1.54, 1.807) is 12.1 Å². The largest absolute Gasteiger partial charge is 0.660 e. The fraction of sp³-hybridized carbons (Fsp3) is 0.100. The summed E-state index contributed by atoms with van der Waals surface area (Å²) in [6.07, 6.45) is 1.22. The molecule has 0 saturated heterocycles. The first-order valence-electron chi connectivity index (χ1n) is 4.38. The van der Waals surface area contributed by atoms with Gasteiger partial charge < -0.3 is 10.3 Å². The molecule has 0 amide bonds. The first kappa shape index (κ1) is 9.39. The highest BCUT2D eigenvalue weighted by molar-refractivity contribution is 5.86. The Bertz CT molecular complexity index is 488. The minimum absolute atomic E-state index is 0.143. The molecule has 1 N–H and O–H groups in total. The van der Waals surface area contributed by atoms with Gasteiger partial charge in [0.2, 0.25) is 11.5 Å². The molecule has 5 heteroatoms. The van der Waals surface area contributed by atoms with Gasteiger partial charge in [-0.3, -0.25) is 0 Å². The molecule has 76 valence electrons. The fourth-order valence-electron chi connectivity index (χ4n) is 1.17. The summed E-state index contributed by atoms with van der Waals surface area (Å²) >= 11 is 0. The van der Waals surface area contributed by atoms with Crippen molar-refractivity contribution in [3.05, 3.63) is 47.3 Å². The van der Waals surface area contributed by atoms with Gasteiger partial charge in [0.25, 0.3) is 0 Å². The number of rotatable bonds is 1. The summed E-state index contributed by atoms with van der Waals surface area (Å²) in [5.41, 5.74) is 8.70. The molecule has 0 spiro atoms. The van der Waals surface area contributed by atoms with Crippen molar-refractivity contribution in [1.82, 2.24) is 5.27 Å². The highest BCUT2D eigenvalue weighted by atomic mass is 16.5. The summed E-state index contributed by atoms with van der Waals surface area (Å²) in [7, 11) is 0. The smallest absolute Gasteiger partial charge is 0.452 e. The number of hydrogen-bond donors (Lipinski definition) is 0. The van der Waals surface area contributed by atoms with Crippen LogP contribution in [-0.2, 0) is 0 Å². The zero-order valence-corrected chi connectivity index (χ0v) is 8.10. The van der Waals surface area contributed by atoms with Crippen molar-refractivity contribution >= 4 is 11.8 Å². The van der Waals surface area contributed by atoms with E-state index in [1.165, 1.54) is 6.20 Å². The van der Waals surface area contributed by atoms with Gasteiger partial charge in [0, 0.05) is 4.68 Å². The van der Waals surface area contributed by atoms with Crippen LogP contribution in [0, 0.1) is 6.92 Å². The lowest BCUT2D eigenvalue weighted by Gasteiger charge is -1.92. The SMILES string of the molecule is Cc1ccc(C(=O)[n+]2cc([NH-])on2)cc1. The molecular formula is C10H9N3O2. The number of nitrogens with one attached hydrogen (secondary N) is 1. The molecule has 0 unspecified atom stereocenters. The van der Waals surface area contributed by atoms with E-state index in [2.05, 4.69) is 9.79 Å². The zero-order valence-electron chi connectivity index (χ0n) is 8.10. The quantitative estimate of drug-likeness (QED) is 0.661. The molecule has 2 aromatic rings. The number of carbonyl (C=O) groups excluding carboxylic acids is 1. The number of carbonyl (C=O) groups is 1. The van der Waals surface area contributed by atoms with E-state index >= 15 is 0 Å². The van der Waals surface area contributed by atoms with Gasteiger partial charge in [-0.05, 0) is 19.1 Å². The summed E-state index contributed by atoms with van der Waals surface area (Å²) in [6.45, 7) is 1.94. The van der Waals surface area contributed by atoms with Gasteiger partial charge in [-0.2, -0.15) is 0 Å². The summed E-state index contributed by atoms with van der Waals surface area (Å²) in [4.78, 5) is 11.7. The number of aromatic nitrogens is 2. The molecule has 0 aliphatic rings. The van der Waals surface area contributed by atoms with Gasteiger partial charge in [-0.1, -0.05) is 17.7 Å². The molecule has 1 heterocycles. The van der Waals surface area contributed by atoms with Crippen LogP contribution in [-0.4, -0.2) is 11.2 Å². The van der Waals surface area contributed by atoms with Crippen LogP contribution in [0.3, 0.4) is 0 Å². The van der Waals surface area contributed by atoms with E-state index in [9.17, 15) is 4.79 Å². The second-order valence-corrected chi connectivity index (χ2v) is 3.18. The Morgan fingerprint density at radius 3 is 2.60 bits per heavy atom. The molecule has 15 heavy (non-hydrogen) atoms. The van der Waals surface area contributed by atoms with Crippen LogP contribution in [0.15, 0.2) is 35.0 Å². The normalized spacial score (nSPS) is 10.2. The predicted molar refractivity (Wildman–Crippen MR) is 51.6 cm³/mol. The van der Waals surface area contributed by atoms with E-state index in [1.807, 2.05) is 19.1 Å². The van der Waals surface area contributed by atoms with Crippen LogP contribution in [0.1, 0.15) is 15.9 Å². The number of hydrogen-bond acceptors (Lipinski definition) is 3. The van der Waals surface area contributed by atoms with Crippen molar-refractivity contribution in [3.8, 4) is 0 Å². The Morgan fingerprint density at radius 2 is 2.07 bits per heavy atom. The molecule has 0 fully saturated rings. The summed E-state index contributed by atoms with van der Waals surface area (Å²) in [5.74, 6) is -0.451. The summed E-state index contributed by atoms with van der Waals surface area (Å²) in [5, 5.41) is 3.42. The third kappa shape index (κ3) is 1.85. The van der Waals surface area contributed by atoms with Crippen molar-refractivity contribution in [2.75, 3.05) is 0 Å². The Kier molecular flexibility index (Phi) is 2.21. The van der Waals surface area contributed by atoms with E-state index in [-0.39, 0.29) is 11.8 Å². The van der Waals surface area contributed by atoms with Crippen molar-refractivity contribution in [1.29, 1.82) is 0 Å². The van der Waals surface area contributed by atoms with Crippen LogP contribution < -0.4 is 4.68 Å². The molecule has 2 rings (SSSR count). The van der Waals surface area contributed by atoms with Gasteiger partial charge in [-0.25, -0.2) is 4.79 Å². The minimum atomic E-state index is -0.308. The van der Waals surface area contributed by atoms with E-state index < -0.39 is 0 Å². The van der Waals surface area contributed by atoms with Crippen molar-refractivity contribution in [2.45, 2.75) is 6.92 Å². The topological polar surface area (TPSA) is 70.8 Å². The highest BCUT2D eigenvalue weighted by Gasteiger charge is 2.20. The molecule has 1 aromatic carbocycles. The third-order valence-corrected chi connectivity index (χ3v) is 1.97. The lowest BCUT2D eigenvalue weighted by atomic mass is 10.1. The van der Waals surface area contributed by atoms with Gasteiger partial charge in [0.1, 0.15) is 5.88 Å². The first-order valence-corrected chi connectivity index (χ1v) is 4.38. The molecule has 5 nitrogen and oxygen atoms in total. The number of nitrogens with zero attached hydrogens (tertiary/aromatic N) is 2. The lowest BCUT2D eigenvalue weighted by Crippen LogP contribution is -2.43. The lowest BCUT2D eigenvalue weighted by molar-refractivity contribution is -0.645. The van der Waals surface area contributed by atoms with E-state index in [0.29, 0.717) is 5.56 Å². The Balaban J connectivity index is 2.32. The average Bonchev–Trinajstić information content (AvgIpc) is 2.65. The average molecular weight is 203 g/mol.